The van der Waals surface area contributed by atoms with Crippen LogP contribution in [0.2, 0.25) is 0 Å². The van der Waals surface area contributed by atoms with Gasteiger partial charge in [0.2, 0.25) is 0 Å². The summed E-state index contributed by atoms with van der Waals surface area (Å²) in [6.07, 6.45) is 0. The molecular formula is C26H26F2N4O2. The highest BCUT2D eigenvalue weighted by Gasteiger charge is 2.28. The molecule has 1 saturated heterocycles. The van der Waals surface area contributed by atoms with Crippen LogP contribution in [0.25, 0.3) is 0 Å². The van der Waals surface area contributed by atoms with E-state index in [-0.39, 0.29) is 28.9 Å². The van der Waals surface area contributed by atoms with Crippen molar-refractivity contribution in [3.05, 3.63) is 105 Å². The summed E-state index contributed by atoms with van der Waals surface area (Å²) in [4.78, 5) is 14.8. The molecule has 0 amide bonds. The minimum absolute atomic E-state index is 0.114. The third-order valence-corrected chi connectivity index (χ3v) is 5.70. The van der Waals surface area contributed by atoms with Gasteiger partial charge in [-0.1, -0.05) is 38.1 Å². The van der Waals surface area contributed by atoms with E-state index in [2.05, 4.69) is 11.0 Å². The third-order valence-electron chi connectivity index (χ3n) is 5.70. The first-order chi connectivity index (χ1) is 16.5. The van der Waals surface area contributed by atoms with Crippen LogP contribution in [0.3, 0.4) is 0 Å². The fourth-order valence-electron chi connectivity index (χ4n) is 4.13. The first-order valence-electron chi connectivity index (χ1n) is 11.1. The van der Waals surface area contributed by atoms with Gasteiger partial charge < -0.3 is 4.90 Å². The molecule has 0 spiro atoms. The van der Waals surface area contributed by atoms with Gasteiger partial charge in [0.05, 0.1) is 22.2 Å². The van der Waals surface area contributed by atoms with Gasteiger partial charge in [0.25, 0.3) is 5.69 Å². The van der Waals surface area contributed by atoms with Crippen molar-refractivity contribution in [2.75, 3.05) is 31.1 Å². The van der Waals surface area contributed by atoms with Gasteiger partial charge in [0.1, 0.15) is 17.7 Å². The van der Waals surface area contributed by atoms with Crippen LogP contribution in [-0.2, 0) is 0 Å². The number of piperazine rings is 1. The molecule has 0 radical (unpaired) electrons. The summed E-state index contributed by atoms with van der Waals surface area (Å²) in [6, 6.07) is 18.8. The average molecular weight is 465 g/mol. The molecule has 1 aliphatic rings. The van der Waals surface area contributed by atoms with Crippen molar-refractivity contribution in [3.8, 4) is 6.07 Å². The quantitative estimate of drug-likeness (QED) is 0.359. The molecule has 0 N–H and O–H groups in total. The number of rotatable bonds is 5. The molecular weight excluding hydrogens is 438 g/mol. The van der Waals surface area contributed by atoms with Crippen LogP contribution < -0.4 is 4.90 Å². The van der Waals surface area contributed by atoms with E-state index in [1.165, 1.54) is 36.4 Å². The predicted octanol–water partition coefficient (Wildman–Crippen LogP) is 5.68. The van der Waals surface area contributed by atoms with Crippen molar-refractivity contribution in [1.82, 2.24) is 4.90 Å². The van der Waals surface area contributed by atoms with Gasteiger partial charge in [-0.2, -0.15) is 5.26 Å². The second-order valence-corrected chi connectivity index (χ2v) is 7.60. The van der Waals surface area contributed by atoms with E-state index < -0.39 is 4.92 Å². The zero-order valence-electron chi connectivity index (χ0n) is 19.1. The highest BCUT2D eigenvalue weighted by molar-refractivity contribution is 5.63. The summed E-state index contributed by atoms with van der Waals surface area (Å²) < 4.78 is 27.0. The summed E-state index contributed by atoms with van der Waals surface area (Å²) in [5.41, 5.74) is 2.62. The molecule has 3 aromatic carbocycles. The van der Waals surface area contributed by atoms with Crippen molar-refractivity contribution in [3.63, 3.8) is 0 Å². The van der Waals surface area contributed by atoms with Crippen molar-refractivity contribution in [1.29, 1.82) is 5.26 Å². The maximum absolute atomic E-state index is 13.5. The Hall–Kier alpha value is -3.83. The lowest BCUT2D eigenvalue weighted by Crippen LogP contribution is -2.48. The van der Waals surface area contributed by atoms with Gasteiger partial charge in [-0.15, -0.1) is 0 Å². The highest BCUT2D eigenvalue weighted by atomic mass is 19.1. The second kappa shape index (κ2) is 11.3. The number of hydrogen-bond donors (Lipinski definition) is 0. The summed E-state index contributed by atoms with van der Waals surface area (Å²) in [5, 5.41) is 20.5. The van der Waals surface area contributed by atoms with Crippen LogP contribution in [0.1, 0.15) is 36.6 Å². The summed E-state index contributed by atoms with van der Waals surface area (Å²) >= 11 is 0. The van der Waals surface area contributed by atoms with Gasteiger partial charge in [-0.05, 0) is 41.5 Å². The highest BCUT2D eigenvalue weighted by Crippen LogP contribution is 2.32. The molecule has 176 valence electrons. The molecule has 0 aromatic heterocycles. The topological polar surface area (TPSA) is 73.4 Å². The van der Waals surface area contributed by atoms with Crippen LogP contribution in [0, 0.1) is 33.1 Å². The monoisotopic (exact) mass is 464 g/mol. The smallest absolute Gasteiger partial charge is 0.270 e. The number of hydrogen-bond acceptors (Lipinski definition) is 5. The molecule has 0 saturated carbocycles. The minimum atomic E-state index is -0.515. The molecule has 1 heterocycles. The van der Waals surface area contributed by atoms with Crippen molar-refractivity contribution in [2.24, 2.45) is 0 Å². The first-order valence-corrected chi connectivity index (χ1v) is 11.1. The van der Waals surface area contributed by atoms with E-state index in [9.17, 15) is 24.2 Å². The van der Waals surface area contributed by atoms with Crippen molar-refractivity contribution in [2.45, 2.75) is 19.9 Å². The molecule has 1 fully saturated rings. The van der Waals surface area contributed by atoms with Crippen LogP contribution in [-0.4, -0.2) is 36.0 Å². The Morgan fingerprint density at radius 2 is 1.38 bits per heavy atom. The second-order valence-electron chi connectivity index (χ2n) is 7.60. The number of nitriles is 1. The van der Waals surface area contributed by atoms with Crippen molar-refractivity contribution >= 4 is 11.4 Å². The van der Waals surface area contributed by atoms with E-state index in [4.69, 9.17) is 0 Å². The molecule has 4 rings (SSSR count). The molecule has 0 aliphatic carbocycles. The van der Waals surface area contributed by atoms with Crippen LogP contribution in [0.15, 0.2) is 66.7 Å². The first kappa shape index (κ1) is 24.8. The van der Waals surface area contributed by atoms with E-state index in [1.54, 1.807) is 30.3 Å². The fraction of sp³-hybridized carbons (Fsp3) is 0.269. The Balaban J connectivity index is 0.00000158. The largest absolute Gasteiger partial charge is 0.368 e. The number of anilines is 1. The Bertz CT molecular complexity index is 1110. The zero-order chi connectivity index (χ0) is 24.7. The maximum atomic E-state index is 13.5. The number of halogens is 2. The molecule has 0 atom stereocenters. The molecule has 6 nitrogen and oxygen atoms in total. The van der Waals surface area contributed by atoms with E-state index in [1.807, 2.05) is 18.7 Å². The van der Waals surface area contributed by atoms with Crippen LogP contribution >= 0.6 is 0 Å². The predicted molar refractivity (Wildman–Crippen MR) is 128 cm³/mol. The van der Waals surface area contributed by atoms with Gasteiger partial charge in [-0.3, -0.25) is 15.0 Å². The van der Waals surface area contributed by atoms with Gasteiger partial charge in [-0.25, -0.2) is 8.78 Å². The lowest BCUT2D eigenvalue weighted by Gasteiger charge is -2.41. The number of non-ortho nitro benzene ring substituents is 1. The van der Waals surface area contributed by atoms with E-state index in [0.717, 1.165) is 11.1 Å². The minimum Gasteiger partial charge on any atom is -0.368 e. The third kappa shape index (κ3) is 5.56. The summed E-state index contributed by atoms with van der Waals surface area (Å²) in [7, 11) is 0. The van der Waals surface area contributed by atoms with Crippen LogP contribution in [0.4, 0.5) is 20.2 Å². The number of nitro benzene ring substituents is 1. The Morgan fingerprint density at radius 3 is 1.82 bits per heavy atom. The maximum Gasteiger partial charge on any atom is 0.270 e. The molecule has 0 bridgehead atoms. The van der Waals surface area contributed by atoms with E-state index in [0.29, 0.717) is 31.9 Å². The SMILES string of the molecule is CC.N#Cc1cc([N+](=O)[O-])ccc1N1CCN(C(c2ccc(F)cc2)c2ccc(F)cc2)CC1. The van der Waals surface area contributed by atoms with Crippen molar-refractivity contribution < 1.29 is 13.7 Å². The summed E-state index contributed by atoms with van der Waals surface area (Å²) in [6.45, 7) is 6.49. The lowest BCUT2D eigenvalue weighted by molar-refractivity contribution is -0.384. The molecule has 3 aromatic rings. The van der Waals surface area contributed by atoms with Gasteiger partial charge in [0.15, 0.2) is 0 Å². The number of benzene rings is 3. The fourth-order valence-corrected chi connectivity index (χ4v) is 4.13. The molecule has 34 heavy (non-hydrogen) atoms. The summed E-state index contributed by atoms with van der Waals surface area (Å²) in [5.74, 6) is -0.641. The van der Waals surface area contributed by atoms with Gasteiger partial charge >= 0.3 is 0 Å². The Kier molecular flexibility index (Phi) is 8.28. The van der Waals surface area contributed by atoms with E-state index >= 15 is 0 Å². The molecule has 0 unspecified atom stereocenters. The molecule has 8 heteroatoms. The standard InChI is InChI=1S/C24H20F2N4O2.C2H6/c25-20-5-1-17(2-6-20)24(18-3-7-21(26)8-4-18)29-13-11-28(12-14-29)23-10-9-22(30(31)32)15-19(23)16-27;1-2/h1-10,15,24H,11-14H2;1-2H3. The number of nitro groups is 1. The normalized spacial score (nSPS) is 13.7. The molecule has 1 aliphatic heterocycles. The Labute approximate surface area is 197 Å². The Morgan fingerprint density at radius 1 is 0.882 bits per heavy atom. The lowest BCUT2D eigenvalue weighted by atomic mass is 9.96. The zero-order valence-corrected chi connectivity index (χ0v) is 19.1. The van der Waals surface area contributed by atoms with Crippen LogP contribution in [0.5, 0.6) is 0 Å². The number of nitrogens with zero attached hydrogens (tertiary/aromatic N) is 4. The average Bonchev–Trinajstić information content (AvgIpc) is 2.87. The van der Waals surface area contributed by atoms with Gasteiger partial charge in [0, 0.05) is 38.3 Å².